The van der Waals surface area contributed by atoms with Crippen molar-refractivity contribution in [3.8, 4) is 11.4 Å². The predicted octanol–water partition coefficient (Wildman–Crippen LogP) is 9.59. The number of aromatic nitrogens is 3. The van der Waals surface area contributed by atoms with Gasteiger partial charge in [-0.05, 0) is 78.6 Å². The number of hydrogen-bond donors (Lipinski definition) is 1. The molecule has 1 aliphatic rings. The van der Waals surface area contributed by atoms with E-state index in [2.05, 4.69) is 148 Å². The van der Waals surface area contributed by atoms with E-state index in [1.807, 2.05) is 0 Å². The lowest BCUT2D eigenvalue weighted by Gasteiger charge is -2.16. The van der Waals surface area contributed by atoms with Gasteiger partial charge in [-0.25, -0.2) is 0 Å². The van der Waals surface area contributed by atoms with E-state index in [0.717, 1.165) is 12.8 Å². The lowest BCUT2D eigenvalue weighted by molar-refractivity contribution is 0.939. The van der Waals surface area contributed by atoms with Crippen LogP contribution in [0.15, 0.2) is 134 Å². The van der Waals surface area contributed by atoms with Crippen LogP contribution in [0.25, 0.3) is 60.6 Å². The van der Waals surface area contributed by atoms with E-state index in [1.54, 1.807) is 0 Å². The Bertz CT molecular complexity index is 2310. The molecule has 41 heavy (non-hydrogen) atoms. The highest BCUT2D eigenvalue weighted by Gasteiger charge is 2.20. The average Bonchev–Trinajstić information content (AvgIpc) is 3.73. The second-order valence-electron chi connectivity index (χ2n) is 11.0. The van der Waals surface area contributed by atoms with E-state index in [9.17, 15) is 0 Å². The fourth-order valence-electron chi connectivity index (χ4n) is 6.98. The molecule has 194 valence electrons. The molecule has 3 nitrogen and oxygen atoms in total. The molecule has 0 spiro atoms. The fraction of sp³-hybridized carbons (Fsp3) is 0.0526. The number of H-pyrrole nitrogens is 1. The third-order valence-electron chi connectivity index (χ3n) is 8.76. The van der Waals surface area contributed by atoms with Crippen LogP contribution in [0.1, 0.15) is 23.2 Å². The molecule has 0 fully saturated rings. The zero-order valence-corrected chi connectivity index (χ0v) is 22.5. The Kier molecular flexibility index (Phi) is 4.73. The van der Waals surface area contributed by atoms with Crippen LogP contribution in [0.5, 0.6) is 0 Å². The van der Waals surface area contributed by atoms with E-state index in [0.29, 0.717) is 0 Å². The van der Waals surface area contributed by atoms with Crippen LogP contribution in [0.4, 0.5) is 0 Å². The highest BCUT2D eigenvalue weighted by Crippen LogP contribution is 2.40. The molecule has 0 aliphatic heterocycles. The Morgan fingerprint density at radius 1 is 0.512 bits per heavy atom. The van der Waals surface area contributed by atoms with E-state index >= 15 is 0 Å². The number of hydrogen-bond acceptors (Lipinski definition) is 0. The first kappa shape index (κ1) is 22.5. The molecule has 3 aromatic heterocycles. The van der Waals surface area contributed by atoms with Gasteiger partial charge in [-0.3, -0.25) is 0 Å². The number of rotatable bonds is 3. The second kappa shape index (κ2) is 8.61. The third-order valence-corrected chi connectivity index (χ3v) is 8.76. The van der Waals surface area contributed by atoms with Crippen LogP contribution >= 0.6 is 0 Å². The van der Waals surface area contributed by atoms with E-state index < -0.39 is 0 Å². The van der Waals surface area contributed by atoms with Gasteiger partial charge in [-0.15, -0.1) is 0 Å². The number of nitrogens with zero attached hydrogens (tertiary/aromatic N) is 2. The van der Waals surface area contributed by atoms with Gasteiger partial charge < -0.3 is 14.1 Å². The second-order valence-corrected chi connectivity index (χ2v) is 11.0. The number of allylic oxidation sites excluding steroid dienone is 1. The number of aryl methyl sites for hydroxylation is 1. The maximum absolute atomic E-state index is 3.45. The number of benzene rings is 5. The first-order chi connectivity index (χ1) is 20.3. The molecule has 9 rings (SSSR count). The molecular weight excluding hydrogens is 498 g/mol. The first-order valence-corrected chi connectivity index (χ1v) is 14.3. The summed E-state index contributed by atoms with van der Waals surface area (Å²) in [5.74, 6) is 0. The van der Waals surface area contributed by atoms with Crippen LogP contribution in [0.3, 0.4) is 0 Å². The van der Waals surface area contributed by atoms with Crippen molar-refractivity contribution in [3.63, 3.8) is 0 Å². The van der Waals surface area contributed by atoms with Gasteiger partial charge >= 0.3 is 0 Å². The van der Waals surface area contributed by atoms with Gasteiger partial charge in [0.1, 0.15) is 0 Å². The average molecular weight is 526 g/mol. The molecular formula is C38H27N3. The molecule has 0 atom stereocenters. The summed E-state index contributed by atoms with van der Waals surface area (Å²) >= 11 is 0. The Labute approximate surface area is 237 Å². The van der Waals surface area contributed by atoms with E-state index in [1.165, 1.54) is 77.4 Å². The SMILES string of the molecule is C1=C(c2cccc(-n3c4ccccc4c4cc5c6ccccc6n(-c6ccccc6)c5cc43)c2)c2cc[nH]c2CC1. The topological polar surface area (TPSA) is 25.6 Å². The molecule has 1 N–H and O–H groups in total. The molecule has 0 amide bonds. The number of fused-ring (bicyclic) bond motifs is 7. The highest BCUT2D eigenvalue weighted by atomic mass is 15.0. The maximum atomic E-state index is 3.45. The minimum Gasteiger partial charge on any atom is -0.364 e. The molecule has 0 saturated heterocycles. The monoisotopic (exact) mass is 525 g/mol. The molecule has 1 aliphatic carbocycles. The summed E-state index contributed by atoms with van der Waals surface area (Å²) in [6.45, 7) is 0. The number of nitrogens with one attached hydrogen (secondary N) is 1. The van der Waals surface area contributed by atoms with Crippen molar-refractivity contribution in [1.29, 1.82) is 0 Å². The lowest BCUT2D eigenvalue weighted by Crippen LogP contribution is -2.00. The van der Waals surface area contributed by atoms with Crippen molar-refractivity contribution >= 4 is 49.2 Å². The highest BCUT2D eigenvalue weighted by molar-refractivity contribution is 6.19. The van der Waals surface area contributed by atoms with Gasteiger partial charge in [0.25, 0.3) is 0 Å². The van der Waals surface area contributed by atoms with Gasteiger partial charge in [0.2, 0.25) is 0 Å². The molecule has 0 unspecified atom stereocenters. The summed E-state index contributed by atoms with van der Waals surface area (Å²) in [6, 6.07) is 44.4. The molecule has 3 heteroatoms. The largest absolute Gasteiger partial charge is 0.364 e. The summed E-state index contributed by atoms with van der Waals surface area (Å²) in [5, 5.41) is 5.11. The van der Waals surface area contributed by atoms with Crippen LogP contribution < -0.4 is 0 Å². The quantitative estimate of drug-likeness (QED) is 0.238. The van der Waals surface area contributed by atoms with Crippen molar-refractivity contribution in [1.82, 2.24) is 14.1 Å². The van der Waals surface area contributed by atoms with Crippen molar-refractivity contribution < 1.29 is 0 Å². The van der Waals surface area contributed by atoms with Crippen molar-refractivity contribution in [3.05, 3.63) is 150 Å². The minimum atomic E-state index is 1.06. The van der Waals surface area contributed by atoms with Crippen molar-refractivity contribution in [2.24, 2.45) is 0 Å². The van der Waals surface area contributed by atoms with Crippen LogP contribution in [0, 0.1) is 0 Å². The van der Waals surface area contributed by atoms with Crippen LogP contribution in [0.2, 0.25) is 0 Å². The Hall–Kier alpha value is -5.28. The summed E-state index contributed by atoms with van der Waals surface area (Å²) in [4.78, 5) is 3.45. The Morgan fingerprint density at radius 3 is 1.93 bits per heavy atom. The molecule has 0 saturated carbocycles. The smallest absolute Gasteiger partial charge is 0.0562 e. The Balaban J connectivity index is 1.36. The zero-order valence-electron chi connectivity index (χ0n) is 22.5. The normalized spacial score (nSPS) is 13.3. The van der Waals surface area contributed by atoms with Gasteiger partial charge in [0.15, 0.2) is 0 Å². The van der Waals surface area contributed by atoms with Crippen molar-refractivity contribution in [2.75, 3.05) is 0 Å². The molecule has 3 heterocycles. The van der Waals surface area contributed by atoms with Gasteiger partial charge in [-0.1, -0.05) is 72.8 Å². The van der Waals surface area contributed by atoms with E-state index in [4.69, 9.17) is 0 Å². The minimum absolute atomic E-state index is 1.06. The summed E-state index contributed by atoms with van der Waals surface area (Å²) < 4.78 is 4.85. The standard InChI is InChI=1S/C38H27N3/c1-2-11-26(12-3-1)40-35-18-6-4-14-30(35)32-23-33-31-15-5-7-19-36(31)41(38(33)24-37(32)40)27-13-8-10-25(22-27)28-16-9-17-34-29(28)20-21-39-34/h1-8,10-16,18-24,39H,9,17H2. The van der Waals surface area contributed by atoms with Gasteiger partial charge in [0.05, 0.1) is 22.1 Å². The fourth-order valence-corrected chi connectivity index (χ4v) is 6.98. The summed E-state index contributed by atoms with van der Waals surface area (Å²) in [7, 11) is 0. The number of aromatic amines is 1. The van der Waals surface area contributed by atoms with E-state index in [-0.39, 0.29) is 0 Å². The lowest BCUT2D eigenvalue weighted by atomic mass is 9.91. The predicted molar refractivity (Wildman–Crippen MR) is 171 cm³/mol. The Morgan fingerprint density at radius 2 is 1.17 bits per heavy atom. The van der Waals surface area contributed by atoms with Gasteiger partial charge in [0, 0.05) is 50.4 Å². The van der Waals surface area contributed by atoms with Crippen molar-refractivity contribution in [2.45, 2.75) is 12.8 Å². The van der Waals surface area contributed by atoms with Crippen LogP contribution in [-0.4, -0.2) is 14.1 Å². The molecule has 5 aromatic carbocycles. The molecule has 0 bridgehead atoms. The molecule has 8 aromatic rings. The first-order valence-electron chi connectivity index (χ1n) is 14.3. The molecule has 0 radical (unpaired) electrons. The van der Waals surface area contributed by atoms with Crippen LogP contribution in [-0.2, 0) is 6.42 Å². The zero-order chi connectivity index (χ0) is 26.9. The third kappa shape index (κ3) is 3.26. The van der Waals surface area contributed by atoms with Gasteiger partial charge in [-0.2, -0.15) is 0 Å². The summed E-state index contributed by atoms with van der Waals surface area (Å²) in [5.41, 5.74) is 12.5. The maximum Gasteiger partial charge on any atom is 0.0562 e. The number of para-hydroxylation sites is 3. The summed E-state index contributed by atoms with van der Waals surface area (Å²) in [6.07, 6.45) is 6.59.